The van der Waals surface area contributed by atoms with Crippen LogP contribution in [-0.2, 0) is 8.85 Å². The Hall–Kier alpha value is -0.666. The van der Waals surface area contributed by atoms with Crippen LogP contribution >= 0.6 is 0 Å². The van der Waals surface area contributed by atoms with Gasteiger partial charge >= 0.3 is 0 Å². The van der Waals surface area contributed by atoms with E-state index in [4.69, 9.17) is 13.6 Å². The highest BCUT2D eigenvalue weighted by Gasteiger charge is 2.31. The Morgan fingerprint density at radius 2 is 1.67 bits per heavy atom. The molecule has 0 fully saturated rings. The fourth-order valence-electron chi connectivity index (χ4n) is 2.45. The van der Waals surface area contributed by atoms with Crippen molar-refractivity contribution in [3.8, 4) is 5.75 Å². The zero-order chi connectivity index (χ0) is 18.1. The maximum absolute atomic E-state index is 9.89. The molecule has 1 atom stereocenters. The number of aliphatic hydroxyl groups is 1. The molecule has 1 rings (SSSR count). The summed E-state index contributed by atoms with van der Waals surface area (Å²) in [5.74, 6) is 0.768. The van der Waals surface area contributed by atoms with E-state index in [1.807, 2.05) is 30.3 Å². The Labute approximate surface area is 149 Å². The zero-order valence-electron chi connectivity index (χ0n) is 15.9. The van der Waals surface area contributed by atoms with E-state index in [-0.39, 0.29) is 6.61 Å². The first kappa shape index (κ1) is 21.4. The molecule has 24 heavy (non-hydrogen) atoms. The van der Waals surface area contributed by atoms with Crippen LogP contribution in [0.1, 0.15) is 13.3 Å². The quantitative estimate of drug-likeness (QED) is 0.441. The van der Waals surface area contributed by atoms with Gasteiger partial charge in [-0.05, 0) is 56.8 Å². The highest BCUT2D eigenvalue weighted by atomic mass is 28.4. The fraction of sp³-hybridized carbons (Fsp3) is 0.667. The lowest BCUT2D eigenvalue weighted by atomic mass is 10.3. The van der Waals surface area contributed by atoms with Crippen molar-refractivity contribution >= 4 is 16.6 Å². The summed E-state index contributed by atoms with van der Waals surface area (Å²) < 4.78 is 17.5. The van der Waals surface area contributed by atoms with E-state index in [1.165, 1.54) is 0 Å². The first-order valence-corrected chi connectivity index (χ1v) is 15.1. The molecule has 4 nitrogen and oxygen atoms in total. The molecule has 0 spiro atoms. The van der Waals surface area contributed by atoms with Crippen LogP contribution in [-0.4, -0.2) is 47.7 Å². The standard InChI is InChI=1S/C18H34O4Si2/c1-6-23(2,3)22-24(4,5)14-10-13-20-15-17(19)16-21-18-11-8-7-9-12-18/h7-9,11-12,17,19H,6,10,13-16H2,1-5H3. The third kappa shape index (κ3) is 9.59. The van der Waals surface area contributed by atoms with Gasteiger partial charge in [0.05, 0.1) is 6.61 Å². The van der Waals surface area contributed by atoms with Crippen LogP contribution in [0.4, 0.5) is 0 Å². The van der Waals surface area contributed by atoms with Gasteiger partial charge in [-0.2, -0.15) is 0 Å². The number of aliphatic hydroxyl groups excluding tert-OH is 1. The third-order valence-electron chi connectivity index (χ3n) is 3.97. The van der Waals surface area contributed by atoms with E-state index in [9.17, 15) is 5.11 Å². The molecule has 138 valence electrons. The summed E-state index contributed by atoms with van der Waals surface area (Å²) in [7, 11) is -3.08. The number of ether oxygens (including phenoxy) is 2. The summed E-state index contributed by atoms with van der Waals surface area (Å²) >= 11 is 0. The molecule has 0 heterocycles. The smallest absolute Gasteiger partial charge is 0.173 e. The summed E-state index contributed by atoms with van der Waals surface area (Å²) in [5, 5.41) is 9.89. The molecule has 0 amide bonds. The largest absolute Gasteiger partial charge is 0.491 e. The van der Waals surface area contributed by atoms with E-state index >= 15 is 0 Å². The van der Waals surface area contributed by atoms with Crippen LogP contribution in [0, 0.1) is 0 Å². The van der Waals surface area contributed by atoms with E-state index < -0.39 is 22.7 Å². The zero-order valence-corrected chi connectivity index (χ0v) is 17.9. The van der Waals surface area contributed by atoms with Gasteiger partial charge in [-0.3, -0.25) is 0 Å². The molecular formula is C18H34O4Si2. The van der Waals surface area contributed by atoms with Gasteiger partial charge in [0.15, 0.2) is 16.6 Å². The van der Waals surface area contributed by atoms with Crippen LogP contribution in [0.3, 0.4) is 0 Å². The minimum absolute atomic E-state index is 0.254. The van der Waals surface area contributed by atoms with Gasteiger partial charge in [0, 0.05) is 6.61 Å². The molecule has 1 N–H and O–H groups in total. The maximum atomic E-state index is 9.89. The van der Waals surface area contributed by atoms with E-state index in [0.29, 0.717) is 13.2 Å². The fourth-order valence-corrected chi connectivity index (χ4v) is 10.4. The summed E-state index contributed by atoms with van der Waals surface area (Å²) in [6.07, 6.45) is 0.387. The predicted octanol–water partition coefficient (Wildman–Crippen LogP) is 4.28. The topological polar surface area (TPSA) is 47.9 Å². The van der Waals surface area contributed by atoms with Crippen molar-refractivity contribution in [1.82, 2.24) is 0 Å². The molecule has 0 aliphatic heterocycles. The molecule has 0 aliphatic carbocycles. The van der Waals surface area contributed by atoms with Crippen molar-refractivity contribution in [1.29, 1.82) is 0 Å². The van der Waals surface area contributed by atoms with Gasteiger partial charge in [-0.15, -0.1) is 0 Å². The predicted molar refractivity (Wildman–Crippen MR) is 105 cm³/mol. The number of benzene rings is 1. The lowest BCUT2D eigenvalue weighted by Crippen LogP contribution is -2.43. The van der Waals surface area contributed by atoms with Crippen LogP contribution in [0.15, 0.2) is 30.3 Å². The highest BCUT2D eigenvalue weighted by Crippen LogP contribution is 2.22. The number of hydrogen-bond donors (Lipinski definition) is 1. The first-order valence-electron chi connectivity index (χ1n) is 8.88. The molecule has 0 bridgehead atoms. The Morgan fingerprint density at radius 1 is 1.00 bits per heavy atom. The lowest BCUT2D eigenvalue weighted by Gasteiger charge is -2.33. The van der Waals surface area contributed by atoms with Gasteiger partial charge in [-0.25, -0.2) is 0 Å². The van der Waals surface area contributed by atoms with Crippen LogP contribution < -0.4 is 4.74 Å². The minimum Gasteiger partial charge on any atom is -0.491 e. The maximum Gasteiger partial charge on any atom is 0.173 e. The summed E-state index contributed by atoms with van der Waals surface area (Å²) in [6, 6.07) is 11.8. The van der Waals surface area contributed by atoms with E-state index in [1.54, 1.807) is 0 Å². The number of hydrogen-bond acceptors (Lipinski definition) is 4. The average Bonchev–Trinajstić information content (AvgIpc) is 2.52. The van der Waals surface area contributed by atoms with Gasteiger partial charge in [0.25, 0.3) is 0 Å². The lowest BCUT2D eigenvalue weighted by molar-refractivity contribution is 0.0122. The second kappa shape index (κ2) is 10.4. The number of rotatable bonds is 12. The molecule has 6 heteroatoms. The average molecular weight is 371 g/mol. The molecule has 1 aromatic carbocycles. The number of para-hydroxylation sites is 1. The van der Waals surface area contributed by atoms with Crippen molar-refractivity contribution in [3.63, 3.8) is 0 Å². The van der Waals surface area contributed by atoms with Crippen molar-refractivity contribution < 1.29 is 18.7 Å². The highest BCUT2D eigenvalue weighted by molar-refractivity contribution is 6.84. The molecule has 0 aromatic heterocycles. The van der Waals surface area contributed by atoms with Crippen LogP contribution in [0.25, 0.3) is 0 Å². The molecular weight excluding hydrogens is 336 g/mol. The van der Waals surface area contributed by atoms with E-state index in [0.717, 1.165) is 24.3 Å². The Kier molecular flexibility index (Phi) is 9.22. The van der Waals surface area contributed by atoms with Crippen LogP contribution in [0.5, 0.6) is 5.75 Å². The molecule has 0 saturated heterocycles. The molecule has 0 saturated carbocycles. The normalized spacial score (nSPS) is 13.8. The summed E-state index contributed by atoms with van der Waals surface area (Å²) in [5.41, 5.74) is 0. The second-order valence-corrected chi connectivity index (χ2v) is 16.5. The third-order valence-corrected chi connectivity index (χ3v) is 11.6. The van der Waals surface area contributed by atoms with Crippen molar-refractivity contribution in [2.45, 2.75) is 57.7 Å². The second-order valence-electron chi connectivity index (χ2n) is 7.43. The Morgan fingerprint density at radius 3 is 2.29 bits per heavy atom. The molecule has 0 aliphatic rings. The first-order chi connectivity index (χ1) is 11.2. The monoisotopic (exact) mass is 370 g/mol. The Bertz CT molecular complexity index is 452. The van der Waals surface area contributed by atoms with Gasteiger partial charge in [0.2, 0.25) is 0 Å². The minimum atomic E-state index is -1.60. The van der Waals surface area contributed by atoms with Gasteiger partial charge in [0.1, 0.15) is 18.5 Å². The molecule has 1 unspecified atom stereocenters. The van der Waals surface area contributed by atoms with Crippen molar-refractivity contribution in [2.75, 3.05) is 19.8 Å². The van der Waals surface area contributed by atoms with Crippen molar-refractivity contribution in [3.05, 3.63) is 30.3 Å². The van der Waals surface area contributed by atoms with Crippen molar-refractivity contribution in [2.24, 2.45) is 0 Å². The summed E-state index contributed by atoms with van der Waals surface area (Å²) in [6.45, 7) is 12.6. The molecule has 0 radical (unpaired) electrons. The SMILES string of the molecule is CC[Si](C)(C)O[Si](C)(C)CCCOCC(O)COc1ccccc1. The van der Waals surface area contributed by atoms with E-state index in [2.05, 4.69) is 33.1 Å². The summed E-state index contributed by atoms with van der Waals surface area (Å²) in [4.78, 5) is 0. The molecule has 1 aromatic rings. The van der Waals surface area contributed by atoms with Crippen LogP contribution in [0.2, 0.25) is 38.3 Å². The Balaban J connectivity index is 2.12. The van der Waals surface area contributed by atoms with Gasteiger partial charge < -0.3 is 18.7 Å². The van der Waals surface area contributed by atoms with Gasteiger partial charge in [-0.1, -0.05) is 25.1 Å².